The van der Waals surface area contributed by atoms with E-state index in [-0.39, 0.29) is 11.8 Å². The van der Waals surface area contributed by atoms with Crippen LogP contribution in [0.1, 0.15) is 39.8 Å². The van der Waals surface area contributed by atoms with Gasteiger partial charge in [-0.05, 0) is 25.5 Å². The van der Waals surface area contributed by atoms with Crippen LogP contribution < -0.4 is 5.32 Å². The highest BCUT2D eigenvalue weighted by Crippen LogP contribution is 2.25. The van der Waals surface area contributed by atoms with Gasteiger partial charge in [0.2, 0.25) is 0 Å². The Morgan fingerprint density at radius 1 is 1.52 bits per heavy atom. The Hall–Kier alpha value is -2.21. The van der Waals surface area contributed by atoms with Crippen molar-refractivity contribution in [2.75, 3.05) is 13.2 Å². The number of aromatic amines is 1. The second kappa shape index (κ2) is 6.05. The molecule has 21 heavy (non-hydrogen) atoms. The number of pyridine rings is 1. The van der Waals surface area contributed by atoms with Gasteiger partial charge in [-0.3, -0.25) is 14.9 Å². The molecule has 1 amide bonds. The van der Waals surface area contributed by atoms with Crippen molar-refractivity contribution < 1.29 is 9.53 Å². The van der Waals surface area contributed by atoms with Crippen LogP contribution >= 0.6 is 0 Å². The highest BCUT2D eigenvalue weighted by molar-refractivity contribution is 5.95. The van der Waals surface area contributed by atoms with Gasteiger partial charge in [-0.2, -0.15) is 5.10 Å². The van der Waals surface area contributed by atoms with E-state index in [1.807, 2.05) is 25.1 Å². The van der Waals surface area contributed by atoms with E-state index in [1.165, 1.54) is 0 Å². The molecule has 2 aromatic heterocycles. The van der Waals surface area contributed by atoms with Gasteiger partial charge in [-0.25, -0.2) is 0 Å². The lowest BCUT2D eigenvalue weighted by Gasteiger charge is -2.09. The Morgan fingerprint density at radius 3 is 3.19 bits per heavy atom. The molecule has 1 aliphatic heterocycles. The summed E-state index contributed by atoms with van der Waals surface area (Å²) in [5, 5.41) is 9.82. The lowest BCUT2D eigenvalue weighted by molar-refractivity contribution is 0.0949. The summed E-state index contributed by atoms with van der Waals surface area (Å²) in [6, 6.07) is 5.76. The van der Waals surface area contributed by atoms with Gasteiger partial charge in [0.15, 0.2) is 0 Å². The molecule has 3 rings (SSSR count). The highest BCUT2D eigenvalue weighted by Gasteiger charge is 2.25. The monoisotopic (exact) mass is 286 g/mol. The summed E-state index contributed by atoms with van der Waals surface area (Å²) in [6.45, 7) is 3.71. The van der Waals surface area contributed by atoms with Gasteiger partial charge >= 0.3 is 0 Å². The molecule has 3 heterocycles. The number of carbonyl (C=O) groups is 1. The van der Waals surface area contributed by atoms with Crippen LogP contribution in [0.3, 0.4) is 0 Å². The lowest BCUT2D eigenvalue weighted by Crippen LogP contribution is -2.24. The topological polar surface area (TPSA) is 79.9 Å². The molecule has 1 saturated heterocycles. The Morgan fingerprint density at radius 2 is 2.43 bits per heavy atom. The summed E-state index contributed by atoms with van der Waals surface area (Å²) in [4.78, 5) is 16.7. The zero-order valence-corrected chi connectivity index (χ0v) is 11.9. The fraction of sp³-hybridized carbons (Fsp3) is 0.400. The minimum atomic E-state index is -0.131. The summed E-state index contributed by atoms with van der Waals surface area (Å²) in [6.07, 6.45) is 2.49. The van der Waals surface area contributed by atoms with Gasteiger partial charge in [-0.15, -0.1) is 0 Å². The molecule has 2 aromatic rings. The third-order valence-corrected chi connectivity index (χ3v) is 3.63. The van der Waals surface area contributed by atoms with Crippen molar-refractivity contribution in [1.82, 2.24) is 20.5 Å². The number of amides is 1. The number of rotatable bonds is 4. The van der Waals surface area contributed by atoms with Gasteiger partial charge in [0.1, 0.15) is 0 Å². The van der Waals surface area contributed by atoms with Crippen molar-refractivity contribution >= 4 is 5.91 Å². The molecule has 6 nitrogen and oxygen atoms in total. The van der Waals surface area contributed by atoms with Crippen LogP contribution in [0.2, 0.25) is 0 Å². The van der Waals surface area contributed by atoms with E-state index in [2.05, 4.69) is 20.5 Å². The molecule has 110 valence electrons. The maximum Gasteiger partial charge on any atom is 0.255 e. The van der Waals surface area contributed by atoms with Crippen molar-refractivity contribution in [3.63, 3.8) is 0 Å². The first-order chi connectivity index (χ1) is 10.2. The summed E-state index contributed by atoms with van der Waals surface area (Å²) in [7, 11) is 0. The average Bonchev–Trinajstić information content (AvgIpc) is 3.14. The Kier molecular flexibility index (Phi) is 3.96. The van der Waals surface area contributed by atoms with E-state index in [1.54, 1.807) is 6.20 Å². The minimum absolute atomic E-state index is 0.131. The molecule has 2 N–H and O–H groups in total. The maximum atomic E-state index is 12.3. The van der Waals surface area contributed by atoms with E-state index in [4.69, 9.17) is 4.74 Å². The maximum absolute atomic E-state index is 12.3. The predicted molar refractivity (Wildman–Crippen MR) is 76.9 cm³/mol. The van der Waals surface area contributed by atoms with Crippen LogP contribution in [0, 0.1) is 6.92 Å². The molecule has 1 fully saturated rings. The van der Waals surface area contributed by atoms with Crippen LogP contribution in [-0.2, 0) is 11.3 Å². The zero-order valence-electron chi connectivity index (χ0n) is 11.9. The second-order valence-electron chi connectivity index (χ2n) is 5.21. The Labute approximate surface area is 122 Å². The molecule has 0 bridgehead atoms. The third kappa shape index (κ3) is 3.11. The minimum Gasteiger partial charge on any atom is -0.381 e. The second-order valence-corrected chi connectivity index (χ2v) is 5.21. The molecule has 0 radical (unpaired) electrons. The SMILES string of the molecule is Cc1cccc(CNC(=O)c2cn[nH]c2[C@@H]2CCOC2)n1. The summed E-state index contributed by atoms with van der Waals surface area (Å²) in [5.41, 5.74) is 3.24. The zero-order chi connectivity index (χ0) is 14.7. The smallest absolute Gasteiger partial charge is 0.255 e. The summed E-state index contributed by atoms with van der Waals surface area (Å²) in [5.74, 6) is 0.0966. The molecule has 0 aromatic carbocycles. The molecule has 0 spiro atoms. The molecule has 1 aliphatic rings. The summed E-state index contributed by atoms with van der Waals surface area (Å²) < 4.78 is 5.37. The van der Waals surface area contributed by atoms with E-state index >= 15 is 0 Å². The first-order valence-electron chi connectivity index (χ1n) is 7.06. The quantitative estimate of drug-likeness (QED) is 0.893. The number of hydrogen-bond acceptors (Lipinski definition) is 4. The largest absolute Gasteiger partial charge is 0.381 e. The standard InChI is InChI=1S/C15H18N4O2/c1-10-3-2-4-12(18-10)7-16-15(20)13-8-17-19-14(13)11-5-6-21-9-11/h2-4,8,11H,5-7,9H2,1H3,(H,16,20)(H,17,19)/t11-/m1/s1. The van der Waals surface area contributed by atoms with Gasteiger partial charge in [0.05, 0.1) is 36.3 Å². The predicted octanol–water partition coefficient (Wildman–Crippen LogP) is 1.55. The number of nitrogens with one attached hydrogen (secondary N) is 2. The van der Waals surface area contributed by atoms with Crippen molar-refractivity contribution in [3.05, 3.63) is 47.0 Å². The number of ether oxygens (including phenoxy) is 1. The van der Waals surface area contributed by atoms with Gasteiger partial charge in [-0.1, -0.05) is 6.07 Å². The van der Waals surface area contributed by atoms with Gasteiger partial charge in [0.25, 0.3) is 5.91 Å². The number of carbonyl (C=O) groups excluding carboxylic acids is 1. The van der Waals surface area contributed by atoms with Crippen molar-refractivity contribution in [2.24, 2.45) is 0 Å². The van der Waals surface area contributed by atoms with Crippen LogP contribution in [0.5, 0.6) is 0 Å². The fourth-order valence-corrected chi connectivity index (χ4v) is 2.51. The Bertz CT molecular complexity index is 632. The van der Waals surface area contributed by atoms with Crippen LogP contribution in [-0.4, -0.2) is 34.3 Å². The van der Waals surface area contributed by atoms with Crippen molar-refractivity contribution in [3.8, 4) is 0 Å². The van der Waals surface area contributed by atoms with Gasteiger partial charge in [0, 0.05) is 18.2 Å². The molecular formula is C15H18N4O2. The van der Waals surface area contributed by atoms with Crippen molar-refractivity contribution in [1.29, 1.82) is 0 Å². The van der Waals surface area contributed by atoms with Crippen LogP contribution in [0.25, 0.3) is 0 Å². The first kappa shape index (κ1) is 13.8. The number of aryl methyl sites for hydroxylation is 1. The number of nitrogens with zero attached hydrogens (tertiary/aromatic N) is 2. The van der Waals surface area contributed by atoms with E-state index in [9.17, 15) is 4.79 Å². The normalized spacial score (nSPS) is 17.9. The number of aromatic nitrogens is 3. The van der Waals surface area contributed by atoms with E-state index < -0.39 is 0 Å². The van der Waals surface area contributed by atoms with Crippen LogP contribution in [0.4, 0.5) is 0 Å². The lowest BCUT2D eigenvalue weighted by atomic mass is 10.0. The molecular weight excluding hydrogens is 268 g/mol. The van der Waals surface area contributed by atoms with E-state index in [0.717, 1.165) is 30.1 Å². The molecule has 1 atom stereocenters. The molecule has 0 unspecified atom stereocenters. The van der Waals surface area contributed by atoms with Gasteiger partial charge < -0.3 is 10.1 Å². The van der Waals surface area contributed by atoms with E-state index in [0.29, 0.717) is 18.7 Å². The highest BCUT2D eigenvalue weighted by atomic mass is 16.5. The fourth-order valence-electron chi connectivity index (χ4n) is 2.51. The number of H-pyrrole nitrogens is 1. The average molecular weight is 286 g/mol. The molecule has 6 heteroatoms. The first-order valence-corrected chi connectivity index (χ1v) is 7.06. The molecule has 0 aliphatic carbocycles. The third-order valence-electron chi connectivity index (χ3n) is 3.63. The van der Waals surface area contributed by atoms with Crippen LogP contribution in [0.15, 0.2) is 24.4 Å². The summed E-state index contributed by atoms with van der Waals surface area (Å²) >= 11 is 0. The number of hydrogen-bond donors (Lipinski definition) is 2. The Balaban J connectivity index is 1.67. The molecule has 0 saturated carbocycles. The van der Waals surface area contributed by atoms with Crippen molar-refractivity contribution in [2.45, 2.75) is 25.8 Å².